The number of fused-ring (bicyclic) bond motifs is 1. The van der Waals surface area contributed by atoms with Crippen molar-refractivity contribution in [2.24, 2.45) is 7.05 Å². The maximum absolute atomic E-state index is 13.2. The number of rotatable bonds is 5. The van der Waals surface area contributed by atoms with Crippen molar-refractivity contribution in [3.05, 3.63) is 57.9 Å². The summed E-state index contributed by atoms with van der Waals surface area (Å²) in [5, 5.41) is 6.18. The molecule has 31 heavy (non-hydrogen) atoms. The summed E-state index contributed by atoms with van der Waals surface area (Å²) in [5.74, 6) is 1.18. The number of methoxy groups -OCH3 is 2. The molecule has 8 heteroatoms. The molecule has 4 rings (SSSR count). The minimum atomic E-state index is -0.0928. The van der Waals surface area contributed by atoms with Gasteiger partial charge in [0.05, 0.1) is 19.1 Å². The lowest BCUT2D eigenvalue weighted by Crippen LogP contribution is -2.26. The predicted octanol–water partition coefficient (Wildman–Crippen LogP) is 5.56. The van der Waals surface area contributed by atoms with Crippen LogP contribution in [0.15, 0.2) is 42.5 Å². The molecule has 0 bridgehead atoms. The summed E-state index contributed by atoms with van der Waals surface area (Å²) in [4.78, 5) is 16.4. The van der Waals surface area contributed by atoms with Crippen molar-refractivity contribution in [1.82, 2.24) is 9.78 Å². The molecule has 4 aromatic rings. The van der Waals surface area contributed by atoms with E-state index < -0.39 is 0 Å². The van der Waals surface area contributed by atoms with Crippen molar-refractivity contribution in [3.63, 3.8) is 0 Å². The van der Waals surface area contributed by atoms with Crippen molar-refractivity contribution >= 4 is 44.7 Å². The Bertz CT molecular complexity index is 1290. The Balaban J connectivity index is 1.76. The highest BCUT2D eigenvalue weighted by atomic mass is 35.5. The molecule has 0 unspecified atom stereocenters. The molecule has 0 aliphatic rings. The predicted molar refractivity (Wildman–Crippen MR) is 126 cm³/mol. The zero-order valence-electron chi connectivity index (χ0n) is 17.9. The molecule has 0 radical (unpaired) electrons. The standard InChI is InChI=1S/C23H22ClN3O3S/c1-13-6-8-15(24)11-17(13)26(2)22(28)20-12-16-21(25-27(3)23(16)31-20)14-7-9-18(29-4)19(10-14)30-5/h6-12H,1-5H3. The van der Waals surface area contributed by atoms with E-state index in [1.807, 2.05) is 50.4 Å². The van der Waals surface area contributed by atoms with E-state index in [1.54, 1.807) is 36.9 Å². The number of amides is 1. The molecule has 0 aliphatic heterocycles. The molecule has 0 aliphatic carbocycles. The summed E-state index contributed by atoms with van der Waals surface area (Å²) in [6.45, 7) is 1.96. The van der Waals surface area contributed by atoms with Crippen LogP contribution in [-0.2, 0) is 7.05 Å². The second-order valence-electron chi connectivity index (χ2n) is 7.17. The number of halogens is 1. The smallest absolute Gasteiger partial charge is 0.268 e. The van der Waals surface area contributed by atoms with Crippen molar-refractivity contribution in [3.8, 4) is 22.8 Å². The van der Waals surface area contributed by atoms with Crippen LogP contribution in [0.25, 0.3) is 21.5 Å². The number of carbonyl (C=O) groups excluding carboxylic acids is 1. The number of benzene rings is 2. The molecular formula is C23H22ClN3O3S. The van der Waals surface area contributed by atoms with E-state index in [0.717, 1.165) is 32.7 Å². The van der Waals surface area contributed by atoms with E-state index >= 15 is 0 Å². The number of nitrogens with zero attached hydrogens (tertiary/aromatic N) is 3. The van der Waals surface area contributed by atoms with Crippen LogP contribution in [0.2, 0.25) is 5.02 Å². The highest BCUT2D eigenvalue weighted by molar-refractivity contribution is 7.20. The minimum Gasteiger partial charge on any atom is -0.493 e. The molecule has 0 N–H and O–H groups in total. The molecule has 0 saturated carbocycles. The number of anilines is 1. The number of ether oxygens (including phenoxy) is 2. The summed E-state index contributed by atoms with van der Waals surface area (Å²) >= 11 is 7.57. The lowest BCUT2D eigenvalue weighted by atomic mass is 10.1. The quantitative estimate of drug-likeness (QED) is 0.395. The van der Waals surface area contributed by atoms with Gasteiger partial charge in [-0.2, -0.15) is 5.10 Å². The monoisotopic (exact) mass is 455 g/mol. The number of aromatic nitrogens is 2. The first-order chi connectivity index (χ1) is 14.8. The number of aryl methyl sites for hydroxylation is 2. The molecule has 160 valence electrons. The lowest BCUT2D eigenvalue weighted by molar-refractivity contribution is 0.0997. The zero-order chi connectivity index (χ0) is 22.3. The van der Waals surface area contributed by atoms with Crippen LogP contribution >= 0.6 is 22.9 Å². The number of carbonyl (C=O) groups is 1. The van der Waals surface area contributed by atoms with Crippen molar-refractivity contribution in [1.29, 1.82) is 0 Å². The second kappa shape index (κ2) is 8.24. The van der Waals surface area contributed by atoms with Crippen molar-refractivity contribution in [2.45, 2.75) is 6.92 Å². The van der Waals surface area contributed by atoms with Crippen LogP contribution in [0.5, 0.6) is 11.5 Å². The minimum absolute atomic E-state index is 0.0928. The van der Waals surface area contributed by atoms with Gasteiger partial charge in [0, 0.05) is 35.8 Å². The average molecular weight is 456 g/mol. The number of hydrogen-bond acceptors (Lipinski definition) is 5. The van der Waals surface area contributed by atoms with E-state index in [9.17, 15) is 4.79 Å². The molecule has 0 saturated heterocycles. The fourth-order valence-corrected chi connectivity index (χ4v) is 4.78. The van der Waals surface area contributed by atoms with Gasteiger partial charge in [0.1, 0.15) is 10.5 Å². The highest BCUT2D eigenvalue weighted by Gasteiger charge is 2.22. The van der Waals surface area contributed by atoms with E-state index in [4.69, 9.17) is 21.1 Å². The second-order valence-corrected chi connectivity index (χ2v) is 8.63. The van der Waals surface area contributed by atoms with Gasteiger partial charge in [0.15, 0.2) is 11.5 Å². The van der Waals surface area contributed by atoms with E-state index in [-0.39, 0.29) is 5.91 Å². The molecule has 1 amide bonds. The van der Waals surface area contributed by atoms with Crippen LogP contribution in [0.1, 0.15) is 15.2 Å². The fraction of sp³-hybridized carbons (Fsp3) is 0.217. The topological polar surface area (TPSA) is 56.6 Å². The van der Waals surface area contributed by atoms with E-state index in [2.05, 4.69) is 5.10 Å². The zero-order valence-corrected chi connectivity index (χ0v) is 19.5. The summed E-state index contributed by atoms with van der Waals surface area (Å²) < 4.78 is 12.6. The maximum Gasteiger partial charge on any atom is 0.268 e. The Morgan fingerprint density at radius 3 is 2.55 bits per heavy atom. The Labute approximate surface area is 189 Å². The first-order valence-electron chi connectivity index (χ1n) is 9.57. The van der Waals surface area contributed by atoms with Gasteiger partial charge < -0.3 is 14.4 Å². The van der Waals surface area contributed by atoms with E-state index in [0.29, 0.717) is 21.4 Å². The maximum atomic E-state index is 13.2. The largest absolute Gasteiger partial charge is 0.493 e. The summed E-state index contributed by atoms with van der Waals surface area (Å²) in [7, 11) is 6.84. The number of hydrogen-bond donors (Lipinski definition) is 0. The van der Waals surface area contributed by atoms with Gasteiger partial charge in [-0.3, -0.25) is 9.48 Å². The molecule has 0 spiro atoms. The highest BCUT2D eigenvalue weighted by Crippen LogP contribution is 2.38. The molecule has 2 aromatic carbocycles. The van der Waals surface area contributed by atoms with Crippen LogP contribution in [0, 0.1) is 6.92 Å². The Kier molecular flexibility index (Phi) is 5.64. The van der Waals surface area contributed by atoms with Crippen molar-refractivity contribution in [2.75, 3.05) is 26.2 Å². The lowest BCUT2D eigenvalue weighted by Gasteiger charge is -2.19. The third-order valence-electron chi connectivity index (χ3n) is 5.22. The molecule has 0 atom stereocenters. The van der Waals surface area contributed by atoms with Gasteiger partial charge in [0.2, 0.25) is 0 Å². The SMILES string of the molecule is COc1ccc(-c2nn(C)c3sc(C(=O)N(C)c4cc(Cl)ccc4C)cc23)cc1OC. The number of thiophene rings is 1. The first-order valence-corrected chi connectivity index (χ1v) is 10.8. The van der Waals surface area contributed by atoms with Gasteiger partial charge in [-0.25, -0.2) is 0 Å². The molecular weight excluding hydrogens is 434 g/mol. The summed E-state index contributed by atoms with van der Waals surface area (Å²) in [6.07, 6.45) is 0. The Morgan fingerprint density at radius 2 is 1.84 bits per heavy atom. The fourth-order valence-electron chi connectivity index (χ4n) is 3.56. The van der Waals surface area contributed by atoms with Crippen LogP contribution in [0.3, 0.4) is 0 Å². The van der Waals surface area contributed by atoms with Gasteiger partial charge >= 0.3 is 0 Å². The van der Waals surface area contributed by atoms with Crippen LogP contribution in [0.4, 0.5) is 5.69 Å². The van der Waals surface area contributed by atoms with Gasteiger partial charge in [-0.15, -0.1) is 11.3 Å². The Hall–Kier alpha value is -3.03. The molecule has 2 heterocycles. The van der Waals surface area contributed by atoms with Crippen molar-refractivity contribution < 1.29 is 14.3 Å². The first kappa shape index (κ1) is 21.2. The third-order valence-corrected chi connectivity index (χ3v) is 6.64. The average Bonchev–Trinajstić information content (AvgIpc) is 3.34. The van der Waals surface area contributed by atoms with Gasteiger partial charge in [-0.1, -0.05) is 17.7 Å². The third kappa shape index (κ3) is 3.75. The normalized spacial score (nSPS) is 11.0. The van der Waals surface area contributed by atoms with Gasteiger partial charge in [0.25, 0.3) is 5.91 Å². The summed E-state index contributed by atoms with van der Waals surface area (Å²) in [5.41, 5.74) is 3.44. The van der Waals surface area contributed by atoms with E-state index in [1.165, 1.54) is 11.3 Å². The molecule has 0 fully saturated rings. The molecule has 2 aromatic heterocycles. The Morgan fingerprint density at radius 1 is 1.10 bits per heavy atom. The van der Waals surface area contributed by atoms with Crippen LogP contribution in [-0.4, -0.2) is 37.0 Å². The van der Waals surface area contributed by atoms with Gasteiger partial charge in [-0.05, 0) is 48.9 Å². The molecule has 6 nitrogen and oxygen atoms in total. The van der Waals surface area contributed by atoms with Crippen LogP contribution < -0.4 is 14.4 Å². The summed E-state index contributed by atoms with van der Waals surface area (Å²) in [6, 6.07) is 13.1.